The minimum Gasteiger partial charge on any atom is -0.360 e. The predicted octanol–water partition coefficient (Wildman–Crippen LogP) is 2.40. The summed E-state index contributed by atoms with van der Waals surface area (Å²) in [6.45, 7) is 9.14. The second-order valence-corrected chi connectivity index (χ2v) is 10.7. The summed E-state index contributed by atoms with van der Waals surface area (Å²) >= 11 is 0. The summed E-state index contributed by atoms with van der Waals surface area (Å²) in [5.41, 5.74) is 0.0536. The summed E-state index contributed by atoms with van der Waals surface area (Å²) in [5, 5.41) is 6.93. The van der Waals surface area contributed by atoms with E-state index in [-0.39, 0.29) is 35.0 Å². The van der Waals surface area contributed by atoms with E-state index in [2.05, 4.69) is 38.3 Å². The number of fused-ring (bicyclic) bond motifs is 1. The number of piperidine rings is 1. The van der Waals surface area contributed by atoms with Gasteiger partial charge in [-0.2, -0.15) is 0 Å². The Balaban J connectivity index is 1.37. The molecule has 0 radical (unpaired) electrons. The molecule has 4 aliphatic heterocycles. The summed E-state index contributed by atoms with van der Waals surface area (Å²) < 4.78 is 6.26. The number of amides is 2. The van der Waals surface area contributed by atoms with Crippen LogP contribution in [-0.4, -0.2) is 47.2 Å². The van der Waals surface area contributed by atoms with Crippen molar-refractivity contribution in [2.24, 2.45) is 11.8 Å². The van der Waals surface area contributed by atoms with Crippen LogP contribution < -0.4 is 15.5 Å². The van der Waals surface area contributed by atoms with Crippen molar-refractivity contribution < 1.29 is 14.3 Å². The summed E-state index contributed by atoms with van der Waals surface area (Å²) in [5.74, 6) is -1.01. The van der Waals surface area contributed by atoms with Gasteiger partial charge < -0.3 is 20.3 Å². The van der Waals surface area contributed by atoms with Gasteiger partial charge in [-0.05, 0) is 52.7 Å². The second-order valence-electron chi connectivity index (χ2n) is 10.7. The first kappa shape index (κ1) is 19.8. The molecule has 30 heavy (non-hydrogen) atoms. The van der Waals surface area contributed by atoms with E-state index in [0.29, 0.717) is 6.54 Å². The van der Waals surface area contributed by atoms with Crippen LogP contribution >= 0.6 is 0 Å². The highest BCUT2D eigenvalue weighted by atomic mass is 16.5. The van der Waals surface area contributed by atoms with Gasteiger partial charge in [0.25, 0.3) is 0 Å². The SMILES string of the molecule is CC1(C)CC(NC(=O)[C@H]2[C@H]3C(=O)N(c4ccccc4)C[C@]34C=C[C@H]2O4)CC(C)(C)N1. The molecule has 2 N–H and O–H groups in total. The van der Waals surface area contributed by atoms with E-state index in [1.807, 2.05) is 42.5 Å². The van der Waals surface area contributed by atoms with Crippen molar-refractivity contribution in [2.75, 3.05) is 11.4 Å². The molecule has 160 valence electrons. The first-order valence-electron chi connectivity index (χ1n) is 10.9. The van der Waals surface area contributed by atoms with Gasteiger partial charge in [0.2, 0.25) is 11.8 Å². The quantitative estimate of drug-likeness (QED) is 0.752. The number of carbonyl (C=O) groups is 2. The van der Waals surface area contributed by atoms with Gasteiger partial charge in [0.1, 0.15) is 5.60 Å². The van der Waals surface area contributed by atoms with Gasteiger partial charge in [-0.25, -0.2) is 0 Å². The summed E-state index contributed by atoms with van der Waals surface area (Å²) in [4.78, 5) is 28.6. The number of anilines is 1. The fourth-order valence-electron chi connectivity index (χ4n) is 6.35. The molecule has 3 saturated heterocycles. The number of hydrogen-bond donors (Lipinski definition) is 2. The number of ether oxygens (including phenoxy) is 1. The van der Waals surface area contributed by atoms with Crippen LogP contribution in [0.15, 0.2) is 42.5 Å². The molecule has 4 aliphatic rings. The molecule has 4 atom stereocenters. The molecule has 1 aromatic rings. The molecule has 0 aromatic heterocycles. The third-order valence-corrected chi connectivity index (χ3v) is 7.01. The molecule has 0 saturated carbocycles. The highest BCUT2D eigenvalue weighted by molar-refractivity contribution is 6.03. The number of benzene rings is 1. The zero-order valence-electron chi connectivity index (χ0n) is 18.1. The number of nitrogens with zero attached hydrogens (tertiary/aromatic N) is 1. The van der Waals surface area contributed by atoms with E-state index in [1.54, 1.807) is 4.90 Å². The fourth-order valence-corrected chi connectivity index (χ4v) is 6.35. The Morgan fingerprint density at radius 2 is 1.80 bits per heavy atom. The third-order valence-electron chi connectivity index (χ3n) is 7.01. The minimum atomic E-state index is -0.688. The number of nitrogens with one attached hydrogen (secondary N) is 2. The highest BCUT2D eigenvalue weighted by Crippen LogP contribution is 2.52. The normalized spacial score (nSPS) is 36.2. The Kier molecular flexibility index (Phi) is 4.22. The van der Waals surface area contributed by atoms with Gasteiger partial charge in [-0.3, -0.25) is 9.59 Å². The molecule has 0 aliphatic carbocycles. The largest absolute Gasteiger partial charge is 0.360 e. The van der Waals surface area contributed by atoms with Crippen molar-refractivity contribution >= 4 is 17.5 Å². The Labute approximate surface area is 178 Å². The van der Waals surface area contributed by atoms with Gasteiger partial charge in [-0.15, -0.1) is 0 Å². The molecular weight excluding hydrogens is 378 g/mol. The zero-order chi connectivity index (χ0) is 21.3. The summed E-state index contributed by atoms with van der Waals surface area (Å²) in [6, 6.07) is 9.72. The predicted molar refractivity (Wildman–Crippen MR) is 115 cm³/mol. The average molecular weight is 410 g/mol. The van der Waals surface area contributed by atoms with Crippen molar-refractivity contribution in [2.45, 2.75) is 69.4 Å². The Bertz CT molecular complexity index is 894. The smallest absolute Gasteiger partial charge is 0.234 e. The molecule has 4 heterocycles. The Hall–Kier alpha value is -2.18. The molecule has 5 rings (SSSR count). The first-order valence-corrected chi connectivity index (χ1v) is 10.9. The number of para-hydroxylation sites is 1. The third kappa shape index (κ3) is 3.08. The van der Waals surface area contributed by atoms with E-state index in [4.69, 9.17) is 4.74 Å². The van der Waals surface area contributed by atoms with Gasteiger partial charge in [0.05, 0.1) is 24.5 Å². The van der Waals surface area contributed by atoms with E-state index in [1.165, 1.54) is 0 Å². The summed E-state index contributed by atoms with van der Waals surface area (Å²) in [6.07, 6.45) is 5.37. The number of carbonyl (C=O) groups excluding carboxylic acids is 2. The van der Waals surface area contributed by atoms with E-state index < -0.39 is 17.4 Å². The van der Waals surface area contributed by atoms with Crippen molar-refractivity contribution in [3.63, 3.8) is 0 Å². The monoisotopic (exact) mass is 409 g/mol. The standard InChI is InChI=1S/C24H31N3O3/c1-22(2)12-15(13-23(3,4)26-22)25-20(28)18-17-10-11-24(30-17)14-27(21(29)19(18)24)16-8-6-5-7-9-16/h5-11,15,17-19,26H,12-14H2,1-4H3,(H,25,28)/t17-,18-,19+,24-/m1/s1. The van der Waals surface area contributed by atoms with Crippen molar-refractivity contribution in [3.05, 3.63) is 42.5 Å². The van der Waals surface area contributed by atoms with Crippen molar-refractivity contribution in [1.29, 1.82) is 0 Å². The fraction of sp³-hybridized carbons (Fsp3) is 0.583. The molecular formula is C24H31N3O3. The molecule has 6 nitrogen and oxygen atoms in total. The van der Waals surface area contributed by atoms with Crippen LogP contribution in [-0.2, 0) is 14.3 Å². The molecule has 2 amide bonds. The Morgan fingerprint density at radius 1 is 1.13 bits per heavy atom. The maximum absolute atomic E-state index is 13.4. The minimum absolute atomic E-state index is 0.0147. The van der Waals surface area contributed by atoms with Crippen molar-refractivity contribution in [1.82, 2.24) is 10.6 Å². The lowest BCUT2D eigenvalue weighted by molar-refractivity contribution is -0.132. The topological polar surface area (TPSA) is 70.7 Å². The van der Waals surface area contributed by atoms with E-state index in [9.17, 15) is 9.59 Å². The Morgan fingerprint density at radius 3 is 2.47 bits per heavy atom. The molecule has 1 aromatic carbocycles. The lowest BCUT2D eigenvalue weighted by atomic mass is 9.75. The van der Waals surface area contributed by atoms with E-state index >= 15 is 0 Å². The van der Waals surface area contributed by atoms with Crippen molar-refractivity contribution in [3.8, 4) is 0 Å². The number of rotatable bonds is 3. The van der Waals surface area contributed by atoms with E-state index in [0.717, 1.165) is 18.5 Å². The molecule has 6 heteroatoms. The molecule has 1 spiro atoms. The summed E-state index contributed by atoms with van der Waals surface area (Å²) in [7, 11) is 0. The van der Waals surface area contributed by atoms with Crippen LogP contribution in [0.5, 0.6) is 0 Å². The second kappa shape index (κ2) is 6.41. The van der Waals surface area contributed by atoms with Crippen LogP contribution in [0, 0.1) is 11.8 Å². The highest BCUT2D eigenvalue weighted by Gasteiger charge is 2.67. The molecule has 2 bridgehead atoms. The molecule has 0 unspecified atom stereocenters. The van der Waals surface area contributed by atoms with Gasteiger partial charge in [-0.1, -0.05) is 30.4 Å². The maximum atomic E-state index is 13.4. The zero-order valence-corrected chi connectivity index (χ0v) is 18.1. The first-order chi connectivity index (χ1) is 14.1. The van der Waals surface area contributed by atoms with Gasteiger partial charge in [0, 0.05) is 22.8 Å². The van der Waals surface area contributed by atoms with Crippen LogP contribution in [0.4, 0.5) is 5.69 Å². The van der Waals surface area contributed by atoms with Crippen LogP contribution in [0.25, 0.3) is 0 Å². The number of hydrogen-bond acceptors (Lipinski definition) is 4. The molecule has 3 fully saturated rings. The average Bonchev–Trinajstić information content (AvgIpc) is 3.28. The maximum Gasteiger partial charge on any atom is 0.234 e. The van der Waals surface area contributed by atoms with Crippen LogP contribution in [0.2, 0.25) is 0 Å². The lowest BCUT2D eigenvalue weighted by Crippen LogP contribution is -2.62. The van der Waals surface area contributed by atoms with Gasteiger partial charge >= 0.3 is 0 Å². The van der Waals surface area contributed by atoms with Gasteiger partial charge in [0.15, 0.2) is 0 Å². The van der Waals surface area contributed by atoms with Crippen LogP contribution in [0.1, 0.15) is 40.5 Å². The lowest BCUT2D eigenvalue weighted by Gasteiger charge is -2.47. The van der Waals surface area contributed by atoms with Crippen LogP contribution in [0.3, 0.4) is 0 Å².